The lowest BCUT2D eigenvalue weighted by Gasteiger charge is -2.32. The van der Waals surface area contributed by atoms with Crippen LogP contribution in [0.2, 0.25) is 0 Å². The fourth-order valence-corrected chi connectivity index (χ4v) is 1.93. The highest BCUT2D eigenvalue weighted by atomic mass is 16.3. The molecular formula is C16H26O. The highest BCUT2D eigenvalue weighted by Crippen LogP contribution is 2.31. The summed E-state index contributed by atoms with van der Waals surface area (Å²) >= 11 is 0. The third-order valence-electron chi connectivity index (χ3n) is 4.01. The normalized spacial score (nSPS) is 15.3. The smallest absolute Gasteiger partial charge is 0.0490 e. The quantitative estimate of drug-likeness (QED) is 0.816. The molecule has 1 atom stereocenters. The van der Waals surface area contributed by atoms with E-state index in [-0.39, 0.29) is 12.0 Å². The maximum Gasteiger partial charge on any atom is 0.0490 e. The number of aliphatic hydroxyl groups is 1. The largest absolute Gasteiger partial charge is 0.396 e. The second-order valence-electron chi connectivity index (χ2n) is 6.04. The lowest BCUT2D eigenvalue weighted by atomic mass is 9.75. The molecule has 0 aromatic heterocycles. The Morgan fingerprint density at radius 3 is 1.94 bits per heavy atom. The molecule has 0 saturated carbocycles. The number of hydrogen-bond donors (Lipinski definition) is 1. The summed E-state index contributed by atoms with van der Waals surface area (Å²) in [5, 5.41) is 9.56. The molecule has 17 heavy (non-hydrogen) atoms. The van der Waals surface area contributed by atoms with Crippen LogP contribution in [0.15, 0.2) is 24.3 Å². The predicted molar refractivity (Wildman–Crippen MR) is 74.3 cm³/mol. The van der Waals surface area contributed by atoms with Gasteiger partial charge < -0.3 is 5.11 Å². The van der Waals surface area contributed by atoms with Gasteiger partial charge in [0.1, 0.15) is 0 Å². The van der Waals surface area contributed by atoms with Gasteiger partial charge in [-0.1, -0.05) is 58.9 Å². The molecule has 1 aromatic carbocycles. The Bertz CT molecular complexity index is 337. The number of aliphatic hydroxyl groups excluding tert-OH is 1. The fourth-order valence-electron chi connectivity index (χ4n) is 1.93. The van der Waals surface area contributed by atoms with Gasteiger partial charge in [-0.15, -0.1) is 0 Å². The topological polar surface area (TPSA) is 20.2 Å². The molecule has 0 spiro atoms. The molecule has 0 bridgehead atoms. The summed E-state index contributed by atoms with van der Waals surface area (Å²) in [5.41, 5.74) is 2.68. The summed E-state index contributed by atoms with van der Waals surface area (Å²) in [5.74, 6) is 1.07. The van der Waals surface area contributed by atoms with Crippen LogP contribution in [0.3, 0.4) is 0 Å². The summed E-state index contributed by atoms with van der Waals surface area (Å²) in [4.78, 5) is 0. The van der Waals surface area contributed by atoms with E-state index in [4.69, 9.17) is 0 Å². The summed E-state index contributed by atoms with van der Waals surface area (Å²) in [6, 6.07) is 8.81. The van der Waals surface area contributed by atoms with Gasteiger partial charge in [0.25, 0.3) is 0 Å². The Hall–Kier alpha value is -0.820. The molecule has 96 valence electrons. The van der Waals surface area contributed by atoms with Gasteiger partial charge in [-0.2, -0.15) is 0 Å². The molecule has 1 unspecified atom stereocenters. The standard InChI is InChI=1S/C16H26O/c1-12(2)15-8-6-14(7-9-15)10-16(5,11-17)13(3)4/h6-9,12-13,17H,10-11H2,1-5H3. The Kier molecular flexibility index (Phi) is 4.76. The van der Waals surface area contributed by atoms with Gasteiger partial charge in [-0.25, -0.2) is 0 Å². The second kappa shape index (κ2) is 5.68. The van der Waals surface area contributed by atoms with Crippen LogP contribution in [0.25, 0.3) is 0 Å². The molecule has 1 rings (SSSR count). The van der Waals surface area contributed by atoms with Crippen LogP contribution in [0.5, 0.6) is 0 Å². The molecule has 0 saturated heterocycles. The van der Waals surface area contributed by atoms with Crippen LogP contribution in [0, 0.1) is 11.3 Å². The molecule has 0 aliphatic carbocycles. The van der Waals surface area contributed by atoms with Crippen molar-refractivity contribution in [1.29, 1.82) is 0 Å². The first-order valence-corrected chi connectivity index (χ1v) is 6.59. The molecule has 1 N–H and O–H groups in total. The molecule has 1 heteroatoms. The van der Waals surface area contributed by atoms with Crippen molar-refractivity contribution in [1.82, 2.24) is 0 Å². The van der Waals surface area contributed by atoms with Crippen molar-refractivity contribution in [2.24, 2.45) is 11.3 Å². The zero-order valence-corrected chi connectivity index (χ0v) is 11.8. The zero-order valence-electron chi connectivity index (χ0n) is 11.8. The van der Waals surface area contributed by atoms with Gasteiger partial charge in [-0.05, 0) is 34.8 Å². The average Bonchev–Trinajstić information content (AvgIpc) is 2.29. The molecule has 0 heterocycles. The summed E-state index contributed by atoms with van der Waals surface area (Å²) in [7, 11) is 0. The third-order valence-corrected chi connectivity index (χ3v) is 4.01. The van der Waals surface area contributed by atoms with E-state index in [2.05, 4.69) is 58.9 Å². The predicted octanol–water partition coefficient (Wildman–Crippen LogP) is 4.01. The summed E-state index contributed by atoms with van der Waals surface area (Å²) < 4.78 is 0. The molecule has 1 aromatic rings. The first-order valence-electron chi connectivity index (χ1n) is 6.59. The van der Waals surface area contributed by atoms with Crippen molar-refractivity contribution in [3.8, 4) is 0 Å². The highest BCUT2D eigenvalue weighted by molar-refractivity contribution is 5.25. The van der Waals surface area contributed by atoms with Crippen LogP contribution in [-0.4, -0.2) is 11.7 Å². The Morgan fingerprint density at radius 1 is 1.06 bits per heavy atom. The third kappa shape index (κ3) is 3.57. The minimum Gasteiger partial charge on any atom is -0.396 e. The molecule has 0 amide bonds. The van der Waals surface area contributed by atoms with Crippen LogP contribution >= 0.6 is 0 Å². The monoisotopic (exact) mass is 234 g/mol. The van der Waals surface area contributed by atoms with Crippen LogP contribution in [0.4, 0.5) is 0 Å². The van der Waals surface area contributed by atoms with E-state index < -0.39 is 0 Å². The Morgan fingerprint density at radius 2 is 1.59 bits per heavy atom. The number of benzene rings is 1. The van der Waals surface area contributed by atoms with Crippen LogP contribution in [-0.2, 0) is 6.42 Å². The van der Waals surface area contributed by atoms with E-state index in [0.29, 0.717) is 11.8 Å². The van der Waals surface area contributed by atoms with Crippen molar-refractivity contribution in [3.63, 3.8) is 0 Å². The Labute approximate surface area is 106 Å². The summed E-state index contributed by atoms with van der Waals surface area (Å²) in [6.45, 7) is 11.2. The Balaban J connectivity index is 2.81. The molecular weight excluding hydrogens is 208 g/mol. The van der Waals surface area contributed by atoms with Crippen LogP contribution < -0.4 is 0 Å². The van der Waals surface area contributed by atoms with E-state index in [1.54, 1.807) is 0 Å². The number of hydrogen-bond acceptors (Lipinski definition) is 1. The second-order valence-corrected chi connectivity index (χ2v) is 6.04. The van der Waals surface area contributed by atoms with Gasteiger partial charge >= 0.3 is 0 Å². The van der Waals surface area contributed by atoms with Gasteiger partial charge in [-0.3, -0.25) is 0 Å². The van der Waals surface area contributed by atoms with E-state index in [1.807, 2.05) is 0 Å². The van der Waals surface area contributed by atoms with Gasteiger partial charge in [0, 0.05) is 6.61 Å². The van der Waals surface area contributed by atoms with Gasteiger partial charge in [0.15, 0.2) is 0 Å². The zero-order chi connectivity index (χ0) is 13.1. The first kappa shape index (κ1) is 14.2. The van der Waals surface area contributed by atoms with E-state index in [1.165, 1.54) is 11.1 Å². The minimum absolute atomic E-state index is 0.0145. The van der Waals surface area contributed by atoms with Gasteiger partial charge in [0.2, 0.25) is 0 Å². The van der Waals surface area contributed by atoms with E-state index in [9.17, 15) is 5.11 Å². The van der Waals surface area contributed by atoms with Crippen molar-refractivity contribution in [2.45, 2.75) is 47.0 Å². The molecule has 0 fully saturated rings. The molecule has 1 nitrogen and oxygen atoms in total. The van der Waals surface area contributed by atoms with E-state index >= 15 is 0 Å². The average molecular weight is 234 g/mol. The van der Waals surface area contributed by atoms with E-state index in [0.717, 1.165) is 6.42 Å². The number of rotatable bonds is 5. The lowest BCUT2D eigenvalue weighted by molar-refractivity contribution is 0.0947. The van der Waals surface area contributed by atoms with Crippen LogP contribution in [0.1, 0.15) is 51.7 Å². The fraction of sp³-hybridized carbons (Fsp3) is 0.625. The molecule has 0 aliphatic heterocycles. The maximum absolute atomic E-state index is 9.56. The molecule has 0 radical (unpaired) electrons. The summed E-state index contributed by atoms with van der Waals surface area (Å²) in [6.07, 6.45) is 0.944. The highest BCUT2D eigenvalue weighted by Gasteiger charge is 2.27. The van der Waals surface area contributed by atoms with Crippen molar-refractivity contribution in [3.05, 3.63) is 35.4 Å². The lowest BCUT2D eigenvalue weighted by Crippen LogP contribution is -2.30. The minimum atomic E-state index is -0.0145. The molecule has 0 aliphatic rings. The van der Waals surface area contributed by atoms with Crippen molar-refractivity contribution >= 4 is 0 Å². The van der Waals surface area contributed by atoms with Crippen molar-refractivity contribution in [2.75, 3.05) is 6.61 Å². The maximum atomic E-state index is 9.56. The van der Waals surface area contributed by atoms with Gasteiger partial charge in [0.05, 0.1) is 0 Å². The van der Waals surface area contributed by atoms with Crippen molar-refractivity contribution < 1.29 is 5.11 Å². The first-order chi connectivity index (χ1) is 7.89. The SMILES string of the molecule is CC(C)c1ccc(CC(C)(CO)C(C)C)cc1.